The first kappa shape index (κ1) is 36.7. The molecular formula is C32H56N10O2. The molecule has 0 aliphatic carbocycles. The SMILES string of the molecule is CC(C)(C)c1ncc(-c2ccc(CNCCCN=C(N)N)cc2)c(=O)[nH]1.C[C@H](CN)CN1CC[C@@H](NC(=O)NC(C)(C)C)C1. The average Bonchev–Trinajstić information content (AvgIpc) is 3.35. The maximum absolute atomic E-state index is 12.4. The Morgan fingerprint density at radius 2 is 1.84 bits per heavy atom. The molecule has 12 heteroatoms. The fourth-order valence-corrected chi connectivity index (χ4v) is 4.62. The molecule has 0 unspecified atom stereocenters. The van der Waals surface area contributed by atoms with Crippen molar-refractivity contribution in [1.29, 1.82) is 0 Å². The van der Waals surface area contributed by atoms with Gasteiger partial charge in [-0.25, -0.2) is 9.78 Å². The number of amides is 2. The van der Waals surface area contributed by atoms with E-state index in [9.17, 15) is 9.59 Å². The van der Waals surface area contributed by atoms with E-state index in [0.29, 0.717) is 23.9 Å². The molecule has 2 amide bonds. The number of benzene rings is 1. The van der Waals surface area contributed by atoms with E-state index < -0.39 is 0 Å². The number of carbonyl (C=O) groups excluding carboxylic acids is 1. The van der Waals surface area contributed by atoms with Gasteiger partial charge in [0.15, 0.2) is 5.96 Å². The number of hydrogen-bond donors (Lipinski definition) is 7. The second-order valence-corrected chi connectivity index (χ2v) is 13.7. The standard InChI is InChI=1S/C19H28N6O.C13H28N4O/c1-19(2,3)17-24-12-15(16(26)25-17)14-7-5-13(6-8-14)11-22-9-4-10-23-18(20)21;1-10(7-14)8-17-6-5-11(9-17)15-12(18)16-13(2,3)4/h5-8,12,22H,4,9-11H2,1-3H3,(H4,20,21,23)(H,24,25,26);10-11H,5-9,14H2,1-4H3,(H2,15,16,18)/t;10-,11-/m.1/s1. The first-order valence-electron chi connectivity index (χ1n) is 15.5. The number of nitrogens with zero attached hydrogens (tertiary/aromatic N) is 3. The Morgan fingerprint density at radius 3 is 2.41 bits per heavy atom. The van der Waals surface area contributed by atoms with Gasteiger partial charge < -0.3 is 43.0 Å². The van der Waals surface area contributed by atoms with Crippen LogP contribution in [-0.4, -0.2) is 77.7 Å². The molecule has 10 N–H and O–H groups in total. The van der Waals surface area contributed by atoms with Crippen LogP contribution in [0.1, 0.15) is 72.7 Å². The summed E-state index contributed by atoms with van der Waals surface area (Å²) >= 11 is 0. The number of likely N-dealkylation sites (tertiary alicyclic amines) is 1. The average molecular weight is 613 g/mol. The third kappa shape index (κ3) is 13.9. The number of rotatable bonds is 11. The molecule has 44 heavy (non-hydrogen) atoms. The first-order chi connectivity index (χ1) is 20.6. The Bertz CT molecular complexity index is 1240. The van der Waals surface area contributed by atoms with E-state index in [1.807, 2.05) is 65.8 Å². The molecule has 3 rings (SSSR count). The lowest BCUT2D eigenvalue weighted by Crippen LogP contribution is -2.50. The summed E-state index contributed by atoms with van der Waals surface area (Å²) in [5.74, 6) is 1.33. The molecule has 0 spiro atoms. The Labute approximate surface area is 263 Å². The largest absolute Gasteiger partial charge is 0.370 e. The third-order valence-electron chi connectivity index (χ3n) is 6.98. The molecule has 1 aliphatic rings. The van der Waals surface area contributed by atoms with E-state index in [1.165, 1.54) is 0 Å². The van der Waals surface area contributed by atoms with Crippen molar-refractivity contribution in [2.24, 2.45) is 28.1 Å². The molecule has 2 heterocycles. The van der Waals surface area contributed by atoms with E-state index in [-0.39, 0.29) is 34.5 Å². The highest BCUT2D eigenvalue weighted by Gasteiger charge is 2.25. The monoisotopic (exact) mass is 612 g/mol. The van der Waals surface area contributed by atoms with Gasteiger partial charge in [0, 0.05) is 55.9 Å². The van der Waals surface area contributed by atoms with Gasteiger partial charge >= 0.3 is 6.03 Å². The second kappa shape index (κ2) is 17.1. The van der Waals surface area contributed by atoms with Crippen molar-refractivity contribution in [2.75, 3.05) is 39.3 Å². The van der Waals surface area contributed by atoms with E-state index in [4.69, 9.17) is 17.2 Å². The number of nitrogens with two attached hydrogens (primary N) is 3. The molecule has 12 nitrogen and oxygen atoms in total. The third-order valence-corrected chi connectivity index (χ3v) is 6.98. The minimum absolute atomic E-state index is 0.0683. The molecule has 1 aromatic carbocycles. The second-order valence-electron chi connectivity index (χ2n) is 13.7. The zero-order valence-electron chi connectivity index (χ0n) is 27.8. The van der Waals surface area contributed by atoms with E-state index in [1.54, 1.807) is 6.20 Å². The van der Waals surface area contributed by atoms with Crippen molar-refractivity contribution in [3.63, 3.8) is 0 Å². The van der Waals surface area contributed by atoms with Crippen molar-refractivity contribution in [3.8, 4) is 11.1 Å². The number of urea groups is 1. The van der Waals surface area contributed by atoms with Crippen LogP contribution in [0.4, 0.5) is 4.79 Å². The normalized spacial score (nSPS) is 16.0. The van der Waals surface area contributed by atoms with Crippen LogP contribution in [0, 0.1) is 5.92 Å². The quantitative estimate of drug-likeness (QED) is 0.114. The molecule has 0 radical (unpaired) electrons. The van der Waals surface area contributed by atoms with E-state index >= 15 is 0 Å². The van der Waals surface area contributed by atoms with Gasteiger partial charge in [-0.1, -0.05) is 52.0 Å². The summed E-state index contributed by atoms with van der Waals surface area (Å²) in [4.78, 5) is 37.7. The molecule has 246 valence electrons. The van der Waals surface area contributed by atoms with Gasteiger partial charge in [0.1, 0.15) is 5.82 Å². The molecular weight excluding hydrogens is 556 g/mol. The molecule has 2 atom stereocenters. The van der Waals surface area contributed by atoms with Crippen molar-refractivity contribution >= 4 is 12.0 Å². The highest BCUT2D eigenvalue weighted by molar-refractivity contribution is 5.75. The van der Waals surface area contributed by atoms with Gasteiger partial charge in [0.25, 0.3) is 5.56 Å². The highest BCUT2D eigenvalue weighted by Crippen LogP contribution is 2.19. The van der Waals surface area contributed by atoms with Gasteiger partial charge in [-0.05, 0) is 63.7 Å². The number of guanidine groups is 1. The summed E-state index contributed by atoms with van der Waals surface area (Å²) < 4.78 is 0. The van der Waals surface area contributed by atoms with Gasteiger partial charge in [0.05, 0.1) is 5.56 Å². The summed E-state index contributed by atoms with van der Waals surface area (Å²) in [5, 5.41) is 9.30. The number of aromatic nitrogens is 2. The molecule has 1 fully saturated rings. The van der Waals surface area contributed by atoms with Crippen LogP contribution in [0.25, 0.3) is 11.1 Å². The van der Waals surface area contributed by atoms with Crippen LogP contribution in [0.15, 0.2) is 40.2 Å². The highest BCUT2D eigenvalue weighted by atomic mass is 16.2. The van der Waals surface area contributed by atoms with E-state index in [0.717, 1.165) is 63.2 Å². The summed E-state index contributed by atoms with van der Waals surface area (Å²) in [6.07, 6.45) is 3.54. The van der Waals surface area contributed by atoms with Gasteiger partial charge in [-0.15, -0.1) is 0 Å². The van der Waals surface area contributed by atoms with E-state index in [2.05, 4.69) is 42.7 Å². The lowest BCUT2D eigenvalue weighted by atomic mass is 9.95. The Balaban J connectivity index is 0.000000329. The first-order valence-corrected chi connectivity index (χ1v) is 15.5. The fraction of sp³-hybridized carbons (Fsp3) is 0.625. The summed E-state index contributed by atoms with van der Waals surface area (Å²) in [7, 11) is 0. The predicted octanol–water partition coefficient (Wildman–Crippen LogP) is 2.24. The number of hydrogen-bond acceptors (Lipinski definition) is 7. The minimum atomic E-state index is -0.186. The Morgan fingerprint density at radius 1 is 1.16 bits per heavy atom. The zero-order chi connectivity index (χ0) is 32.9. The molecule has 1 aromatic heterocycles. The van der Waals surface area contributed by atoms with Crippen molar-refractivity contribution in [2.45, 2.75) is 84.8 Å². The number of carbonyl (C=O) groups is 1. The summed E-state index contributed by atoms with van der Waals surface area (Å²) in [6, 6.07) is 8.10. The van der Waals surface area contributed by atoms with Crippen molar-refractivity contribution in [3.05, 3.63) is 52.2 Å². The maximum atomic E-state index is 12.4. The summed E-state index contributed by atoms with van der Waals surface area (Å²) in [6.45, 7) is 20.1. The minimum Gasteiger partial charge on any atom is -0.370 e. The van der Waals surface area contributed by atoms with Crippen LogP contribution in [0.5, 0.6) is 0 Å². The lowest BCUT2D eigenvalue weighted by molar-refractivity contribution is 0.226. The van der Waals surface area contributed by atoms with Crippen molar-refractivity contribution < 1.29 is 4.79 Å². The summed E-state index contributed by atoms with van der Waals surface area (Å²) in [5.41, 5.74) is 18.3. The van der Waals surface area contributed by atoms with Crippen molar-refractivity contribution in [1.82, 2.24) is 30.8 Å². The van der Waals surface area contributed by atoms with Gasteiger partial charge in [-0.3, -0.25) is 9.79 Å². The topological polar surface area (TPSA) is 193 Å². The van der Waals surface area contributed by atoms with Gasteiger partial charge in [0.2, 0.25) is 0 Å². The van der Waals surface area contributed by atoms with Crippen LogP contribution in [-0.2, 0) is 12.0 Å². The number of H-pyrrole nitrogens is 1. The van der Waals surface area contributed by atoms with Crippen LogP contribution >= 0.6 is 0 Å². The van der Waals surface area contributed by atoms with Crippen LogP contribution < -0.4 is 38.7 Å². The number of aliphatic imine (C=N–C) groups is 1. The molecule has 0 saturated carbocycles. The zero-order valence-corrected chi connectivity index (χ0v) is 27.8. The number of aromatic amines is 1. The molecule has 0 bridgehead atoms. The number of nitrogens with one attached hydrogen (secondary N) is 4. The van der Waals surface area contributed by atoms with Gasteiger partial charge in [-0.2, -0.15) is 0 Å². The van der Waals surface area contributed by atoms with Crippen LogP contribution in [0.3, 0.4) is 0 Å². The maximum Gasteiger partial charge on any atom is 0.315 e. The Hall–Kier alpha value is -3.48. The molecule has 2 aromatic rings. The van der Waals surface area contributed by atoms with Crippen LogP contribution in [0.2, 0.25) is 0 Å². The molecule has 1 saturated heterocycles. The Kier molecular flexibility index (Phi) is 14.3. The lowest BCUT2D eigenvalue weighted by Gasteiger charge is -2.23. The smallest absolute Gasteiger partial charge is 0.315 e. The fourth-order valence-electron chi connectivity index (χ4n) is 4.62. The predicted molar refractivity (Wildman–Crippen MR) is 180 cm³/mol. The molecule has 1 aliphatic heterocycles.